The maximum atomic E-state index is 13.3. The van der Waals surface area contributed by atoms with Crippen molar-refractivity contribution in [3.8, 4) is 0 Å². The lowest BCUT2D eigenvalue weighted by Crippen LogP contribution is -2.51. The van der Waals surface area contributed by atoms with Crippen LogP contribution < -0.4 is 11.1 Å². The van der Waals surface area contributed by atoms with Gasteiger partial charge in [-0.2, -0.15) is 13.2 Å². The molecule has 1 aromatic carbocycles. The predicted molar refractivity (Wildman–Crippen MR) is 78.7 cm³/mol. The van der Waals surface area contributed by atoms with Crippen LogP contribution in [0.5, 0.6) is 0 Å². The van der Waals surface area contributed by atoms with Gasteiger partial charge in [0.1, 0.15) is 10.7 Å². The molecule has 4 N–H and O–H groups in total. The van der Waals surface area contributed by atoms with Crippen molar-refractivity contribution in [1.82, 2.24) is 10.3 Å². The molecule has 0 saturated heterocycles. The van der Waals surface area contributed by atoms with E-state index >= 15 is 0 Å². The first-order valence-corrected chi connectivity index (χ1v) is 7.43. The van der Waals surface area contributed by atoms with Crippen molar-refractivity contribution < 1.29 is 23.1 Å². The minimum atomic E-state index is -4.95. The molecule has 124 valence electrons. The van der Waals surface area contributed by atoms with Gasteiger partial charge < -0.3 is 16.2 Å². The molecule has 0 aliphatic rings. The Morgan fingerprint density at radius 1 is 1.30 bits per heavy atom. The van der Waals surface area contributed by atoms with Crippen LogP contribution in [0.15, 0.2) is 35.7 Å². The van der Waals surface area contributed by atoms with Crippen LogP contribution in [-0.4, -0.2) is 28.7 Å². The second-order valence-corrected chi connectivity index (χ2v) is 5.68. The van der Waals surface area contributed by atoms with E-state index in [2.05, 4.69) is 10.3 Å². The summed E-state index contributed by atoms with van der Waals surface area (Å²) in [6.45, 7) is -0.886. The lowest BCUT2D eigenvalue weighted by molar-refractivity contribution is -0.263. The van der Waals surface area contributed by atoms with Gasteiger partial charge in [0, 0.05) is 11.9 Å². The molecular weight excluding hydrogens is 331 g/mol. The lowest BCUT2D eigenvalue weighted by Gasteiger charge is -2.31. The Morgan fingerprint density at radius 2 is 1.96 bits per heavy atom. The van der Waals surface area contributed by atoms with Crippen molar-refractivity contribution in [2.75, 3.05) is 6.54 Å². The molecule has 0 radical (unpaired) electrons. The topological polar surface area (TPSA) is 88.2 Å². The number of hydrogen-bond donors (Lipinski definition) is 3. The van der Waals surface area contributed by atoms with Gasteiger partial charge in [-0.1, -0.05) is 30.3 Å². The Morgan fingerprint density at radius 3 is 2.48 bits per heavy atom. The summed E-state index contributed by atoms with van der Waals surface area (Å²) in [5, 5.41) is 14.1. The number of carbonyl (C=O) groups excluding carboxylic acids is 1. The molecule has 23 heavy (non-hydrogen) atoms. The quantitative estimate of drug-likeness (QED) is 0.771. The summed E-state index contributed by atoms with van der Waals surface area (Å²) in [7, 11) is 0. The second kappa shape index (κ2) is 6.65. The molecule has 0 aliphatic carbocycles. The van der Waals surface area contributed by atoms with E-state index in [-0.39, 0.29) is 17.8 Å². The number of benzene rings is 1. The molecule has 1 aromatic heterocycles. The van der Waals surface area contributed by atoms with E-state index in [1.54, 1.807) is 0 Å². The molecular formula is C14H14F3N3O2S. The summed E-state index contributed by atoms with van der Waals surface area (Å²) in [4.78, 5) is 15.8. The smallest absolute Gasteiger partial charge is 0.375 e. The number of carbonyl (C=O) groups is 1. The molecule has 0 aliphatic heterocycles. The molecule has 1 unspecified atom stereocenters. The predicted octanol–water partition coefficient (Wildman–Crippen LogP) is 1.78. The third kappa shape index (κ3) is 3.69. The molecule has 2 aromatic rings. The van der Waals surface area contributed by atoms with Gasteiger partial charge in [-0.15, -0.1) is 11.3 Å². The van der Waals surface area contributed by atoms with Gasteiger partial charge in [0.25, 0.3) is 5.91 Å². The van der Waals surface area contributed by atoms with E-state index in [0.29, 0.717) is 5.01 Å². The first kappa shape index (κ1) is 17.4. The summed E-state index contributed by atoms with van der Waals surface area (Å²) < 4.78 is 39.8. The molecule has 0 saturated carbocycles. The molecule has 0 spiro atoms. The number of rotatable bonds is 5. The first-order chi connectivity index (χ1) is 10.8. The molecule has 1 atom stereocenters. The van der Waals surface area contributed by atoms with Crippen molar-refractivity contribution in [1.29, 1.82) is 0 Å². The third-order valence-electron chi connectivity index (χ3n) is 3.18. The monoisotopic (exact) mass is 345 g/mol. The number of aromatic nitrogens is 1. The molecule has 1 amide bonds. The number of alkyl halides is 3. The number of nitrogens with zero attached hydrogens (tertiary/aromatic N) is 1. The Kier molecular flexibility index (Phi) is 5.03. The summed E-state index contributed by atoms with van der Waals surface area (Å²) >= 11 is 1.13. The van der Waals surface area contributed by atoms with Gasteiger partial charge in [-0.3, -0.25) is 4.79 Å². The number of aliphatic hydroxyl groups is 1. The van der Waals surface area contributed by atoms with Gasteiger partial charge in [0.2, 0.25) is 5.60 Å². The third-order valence-corrected chi connectivity index (χ3v) is 4.06. The van der Waals surface area contributed by atoms with Crippen LogP contribution in [-0.2, 0) is 12.1 Å². The highest BCUT2D eigenvalue weighted by atomic mass is 32.1. The highest BCUT2D eigenvalue weighted by Crippen LogP contribution is 2.38. The summed E-state index contributed by atoms with van der Waals surface area (Å²) in [5.74, 6) is -0.806. The molecule has 0 fully saturated rings. The SMILES string of the molecule is NCc1nc(C(=O)NCC(O)(c2ccccc2)C(F)(F)F)cs1. The second-order valence-electron chi connectivity index (χ2n) is 4.74. The van der Waals surface area contributed by atoms with E-state index in [1.165, 1.54) is 23.6 Å². The van der Waals surface area contributed by atoms with Crippen molar-refractivity contribution in [2.24, 2.45) is 5.73 Å². The van der Waals surface area contributed by atoms with Crippen LogP contribution >= 0.6 is 11.3 Å². The fourth-order valence-electron chi connectivity index (χ4n) is 1.89. The Balaban J connectivity index is 2.18. The standard InChI is InChI=1S/C14H14F3N3O2S/c15-14(16,17)13(22,9-4-2-1-3-5-9)8-19-12(21)10-7-23-11(6-18)20-10/h1-5,7,22H,6,8,18H2,(H,19,21). The molecule has 2 rings (SSSR count). The van der Waals surface area contributed by atoms with Gasteiger partial charge in [0.15, 0.2) is 0 Å². The van der Waals surface area contributed by atoms with Crippen molar-refractivity contribution in [2.45, 2.75) is 18.3 Å². The minimum absolute atomic E-state index is 0.0342. The number of nitrogens with one attached hydrogen (secondary N) is 1. The zero-order chi connectivity index (χ0) is 17.1. The van der Waals surface area contributed by atoms with E-state index in [9.17, 15) is 23.1 Å². The Bertz CT molecular complexity index is 675. The average molecular weight is 345 g/mol. The van der Waals surface area contributed by atoms with Crippen LogP contribution in [0.1, 0.15) is 21.1 Å². The van der Waals surface area contributed by atoms with Crippen LogP contribution in [0.2, 0.25) is 0 Å². The van der Waals surface area contributed by atoms with Gasteiger partial charge >= 0.3 is 6.18 Å². The van der Waals surface area contributed by atoms with Crippen LogP contribution in [0.3, 0.4) is 0 Å². The van der Waals surface area contributed by atoms with E-state index < -0.39 is 24.2 Å². The number of halogens is 3. The maximum Gasteiger partial charge on any atom is 0.423 e. The van der Waals surface area contributed by atoms with Crippen molar-refractivity contribution >= 4 is 17.2 Å². The normalized spacial score (nSPS) is 14.3. The highest BCUT2D eigenvalue weighted by Gasteiger charge is 2.55. The lowest BCUT2D eigenvalue weighted by atomic mass is 9.93. The van der Waals surface area contributed by atoms with Crippen LogP contribution in [0.25, 0.3) is 0 Å². The molecule has 9 heteroatoms. The molecule has 0 bridgehead atoms. The van der Waals surface area contributed by atoms with Crippen molar-refractivity contribution in [3.63, 3.8) is 0 Å². The molecule has 5 nitrogen and oxygen atoms in total. The highest BCUT2D eigenvalue weighted by molar-refractivity contribution is 7.09. The fraction of sp³-hybridized carbons (Fsp3) is 0.286. The number of thiazole rings is 1. The zero-order valence-corrected chi connectivity index (χ0v) is 12.6. The summed E-state index contributed by atoms with van der Waals surface area (Å²) in [5.41, 5.74) is 1.80. The van der Waals surface area contributed by atoms with Gasteiger partial charge in [0.05, 0.1) is 6.54 Å². The zero-order valence-electron chi connectivity index (χ0n) is 11.8. The van der Waals surface area contributed by atoms with Crippen LogP contribution in [0.4, 0.5) is 13.2 Å². The number of hydrogen-bond acceptors (Lipinski definition) is 5. The van der Waals surface area contributed by atoms with E-state index in [1.807, 2.05) is 0 Å². The average Bonchev–Trinajstić information content (AvgIpc) is 3.01. The van der Waals surface area contributed by atoms with Gasteiger partial charge in [-0.25, -0.2) is 4.98 Å². The van der Waals surface area contributed by atoms with Gasteiger partial charge in [-0.05, 0) is 5.56 Å². The van der Waals surface area contributed by atoms with Crippen molar-refractivity contribution in [3.05, 3.63) is 52.0 Å². The maximum absolute atomic E-state index is 13.3. The number of amides is 1. The van der Waals surface area contributed by atoms with E-state index in [4.69, 9.17) is 5.73 Å². The molecule has 1 heterocycles. The first-order valence-electron chi connectivity index (χ1n) is 6.55. The fourth-order valence-corrected chi connectivity index (χ4v) is 2.54. The van der Waals surface area contributed by atoms with E-state index in [0.717, 1.165) is 23.5 Å². The Hall–Kier alpha value is -1.97. The summed E-state index contributed by atoms with van der Waals surface area (Å²) in [6.07, 6.45) is -4.95. The largest absolute Gasteiger partial charge is 0.423 e. The number of nitrogens with two attached hydrogens (primary N) is 1. The summed E-state index contributed by atoms with van der Waals surface area (Å²) in [6, 6.07) is 6.58. The van der Waals surface area contributed by atoms with Crippen LogP contribution in [0, 0.1) is 0 Å². The minimum Gasteiger partial charge on any atom is -0.375 e. The Labute approximate surface area is 134 Å².